The van der Waals surface area contributed by atoms with Gasteiger partial charge >= 0.3 is 0 Å². The molecule has 0 spiro atoms. The monoisotopic (exact) mass is 261 g/mol. The first-order valence-corrected chi connectivity index (χ1v) is 5.81. The zero-order valence-corrected chi connectivity index (χ0v) is 10.2. The van der Waals surface area contributed by atoms with Gasteiger partial charge in [0.15, 0.2) is 0 Å². The molecule has 0 aliphatic carbocycles. The number of rotatable bonds is 7. The van der Waals surface area contributed by atoms with Crippen LogP contribution in [0, 0.1) is 4.91 Å². The van der Waals surface area contributed by atoms with E-state index in [1.54, 1.807) is 6.07 Å². The number of hydrogen-bond donors (Lipinski definition) is 1. The number of benzene rings is 1. The second-order valence-corrected chi connectivity index (χ2v) is 3.98. The van der Waals surface area contributed by atoms with Gasteiger partial charge in [-0.05, 0) is 18.2 Å². The van der Waals surface area contributed by atoms with E-state index in [1.807, 2.05) is 18.2 Å². The number of anilines is 1. The minimum absolute atomic E-state index is 0.392. The van der Waals surface area contributed by atoms with Crippen LogP contribution in [0.2, 0.25) is 5.02 Å². The molecule has 6 heteroatoms. The third-order valence-electron chi connectivity index (χ3n) is 1.98. The second-order valence-electron chi connectivity index (χ2n) is 3.16. The molecule has 1 aromatic carbocycles. The van der Waals surface area contributed by atoms with Crippen molar-refractivity contribution in [3.63, 3.8) is 0 Å². The predicted molar refractivity (Wildman–Crippen MR) is 68.0 cm³/mol. The Morgan fingerprint density at radius 1 is 1.38 bits per heavy atom. The highest BCUT2D eigenvalue weighted by Gasteiger charge is 2.01. The third kappa shape index (κ3) is 4.68. The fourth-order valence-corrected chi connectivity index (χ4v) is 1.60. The molecule has 0 aliphatic heterocycles. The van der Waals surface area contributed by atoms with E-state index < -0.39 is 0 Å². The van der Waals surface area contributed by atoms with Gasteiger partial charge in [0.05, 0.1) is 18.4 Å². The van der Waals surface area contributed by atoms with Crippen LogP contribution in [-0.2, 0) is 0 Å². The number of nitrogens with one attached hydrogen (secondary N) is 1. The van der Waals surface area contributed by atoms with Crippen LogP contribution in [0.5, 0.6) is 0 Å². The Labute approximate surface area is 104 Å². The van der Waals surface area contributed by atoms with Crippen molar-refractivity contribution in [2.24, 2.45) is 5.29 Å². The molecule has 0 unspecified atom stereocenters. The van der Waals surface area contributed by atoms with Crippen LogP contribution < -0.4 is 5.32 Å². The fourth-order valence-electron chi connectivity index (χ4n) is 1.22. The molecule has 0 amide bonds. The summed E-state index contributed by atoms with van der Waals surface area (Å²) in [7, 11) is 0. The standard InChI is InChI=1S/C10H13Cl2N3O/c11-4-6-15(14-16)7-5-13-10-3-1-2-9(12)8-10/h1-3,8,13H,4-7H2. The van der Waals surface area contributed by atoms with Crippen LogP contribution in [0.15, 0.2) is 29.6 Å². The van der Waals surface area contributed by atoms with Crippen LogP contribution in [0.1, 0.15) is 0 Å². The normalized spacial score (nSPS) is 9.88. The molecule has 1 rings (SSSR count). The Balaban J connectivity index is 2.32. The summed E-state index contributed by atoms with van der Waals surface area (Å²) in [6, 6.07) is 7.40. The van der Waals surface area contributed by atoms with E-state index in [9.17, 15) is 4.91 Å². The van der Waals surface area contributed by atoms with Crippen molar-refractivity contribution in [3.05, 3.63) is 34.2 Å². The molecule has 4 nitrogen and oxygen atoms in total. The quantitative estimate of drug-likeness (QED) is 0.466. The summed E-state index contributed by atoms with van der Waals surface area (Å²) in [5, 5.41) is 8.06. The van der Waals surface area contributed by atoms with Crippen molar-refractivity contribution in [2.45, 2.75) is 0 Å². The van der Waals surface area contributed by atoms with Crippen LogP contribution >= 0.6 is 23.2 Å². The van der Waals surface area contributed by atoms with Gasteiger partial charge in [0.25, 0.3) is 0 Å². The maximum atomic E-state index is 10.4. The molecule has 0 atom stereocenters. The van der Waals surface area contributed by atoms with Crippen molar-refractivity contribution in [2.75, 3.05) is 30.8 Å². The Morgan fingerprint density at radius 3 is 2.81 bits per heavy atom. The minimum atomic E-state index is 0.392. The molecular weight excluding hydrogens is 249 g/mol. The van der Waals surface area contributed by atoms with Crippen LogP contribution in [0.25, 0.3) is 0 Å². The van der Waals surface area contributed by atoms with Crippen molar-refractivity contribution >= 4 is 28.9 Å². The lowest BCUT2D eigenvalue weighted by Crippen LogP contribution is -2.25. The lowest BCUT2D eigenvalue weighted by Gasteiger charge is -2.14. The Bertz CT molecular complexity index is 336. The molecule has 1 N–H and O–H groups in total. The Hall–Kier alpha value is -1.00. The van der Waals surface area contributed by atoms with Gasteiger partial charge in [-0.3, -0.25) is 5.01 Å². The molecular formula is C10H13Cl2N3O. The topological polar surface area (TPSA) is 44.7 Å². The summed E-state index contributed by atoms with van der Waals surface area (Å²) in [5.41, 5.74) is 0.921. The van der Waals surface area contributed by atoms with Crippen LogP contribution in [0.3, 0.4) is 0 Å². The SMILES string of the molecule is O=NN(CCCl)CCNc1cccc(Cl)c1. The molecule has 0 aliphatic rings. The lowest BCUT2D eigenvalue weighted by molar-refractivity contribution is 0.313. The number of nitrogens with zero attached hydrogens (tertiary/aromatic N) is 2. The second kappa shape index (κ2) is 7.30. The molecule has 16 heavy (non-hydrogen) atoms. The number of hydrogen-bond acceptors (Lipinski definition) is 3. The van der Waals surface area contributed by atoms with E-state index in [0.29, 0.717) is 30.5 Å². The third-order valence-corrected chi connectivity index (χ3v) is 2.39. The van der Waals surface area contributed by atoms with Gasteiger partial charge in [-0.1, -0.05) is 17.7 Å². The molecule has 0 aromatic heterocycles. The van der Waals surface area contributed by atoms with Gasteiger partial charge in [-0.15, -0.1) is 16.5 Å². The maximum absolute atomic E-state index is 10.4. The smallest absolute Gasteiger partial charge is 0.0566 e. The highest BCUT2D eigenvalue weighted by Crippen LogP contribution is 2.14. The number of nitroso groups, excluding NO2 is 1. The summed E-state index contributed by atoms with van der Waals surface area (Å²) in [6.45, 7) is 1.59. The zero-order valence-electron chi connectivity index (χ0n) is 8.70. The highest BCUT2D eigenvalue weighted by molar-refractivity contribution is 6.30. The molecule has 88 valence electrons. The van der Waals surface area contributed by atoms with E-state index >= 15 is 0 Å². The van der Waals surface area contributed by atoms with E-state index in [4.69, 9.17) is 23.2 Å². The Kier molecular flexibility index (Phi) is 5.96. The number of alkyl halides is 1. The summed E-state index contributed by atoms with van der Waals surface area (Å²) in [6.07, 6.45) is 0. The summed E-state index contributed by atoms with van der Waals surface area (Å²) in [4.78, 5) is 10.4. The first kappa shape index (κ1) is 13.1. The van der Waals surface area contributed by atoms with Crippen LogP contribution in [-0.4, -0.2) is 30.5 Å². The van der Waals surface area contributed by atoms with Crippen molar-refractivity contribution in [3.8, 4) is 0 Å². The van der Waals surface area contributed by atoms with Gasteiger partial charge in [0.2, 0.25) is 0 Å². The van der Waals surface area contributed by atoms with Crippen LogP contribution in [0.4, 0.5) is 5.69 Å². The predicted octanol–water partition coefficient (Wildman–Crippen LogP) is 2.97. The van der Waals surface area contributed by atoms with E-state index in [1.165, 1.54) is 5.01 Å². The molecule has 1 aromatic rings. The van der Waals surface area contributed by atoms with Gasteiger partial charge in [-0.25, -0.2) is 0 Å². The first-order chi connectivity index (χ1) is 7.76. The fraction of sp³-hybridized carbons (Fsp3) is 0.400. The summed E-state index contributed by atoms with van der Waals surface area (Å²) >= 11 is 11.3. The molecule has 0 radical (unpaired) electrons. The van der Waals surface area contributed by atoms with E-state index in [0.717, 1.165) is 5.69 Å². The minimum Gasteiger partial charge on any atom is -0.383 e. The lowest BCUT2D eigenvalue weighted by atomic mass is 10.3. The van der Waals surface area contributed by atoms with Gasteiger partial charge < -0.3 is 5.32 Å². The molecule has 0 saturated carbocycles. The zero-order chi connectivity index (χ0) is 11.8. The molecule has 0 saturated heterocycles. The van der Waals surface area contributed by atoms with Crippen molar-refractivity contribution in [1.82, 2.24) is 5.01 Å². The van der Waals surface area contributed by atoms with Gasteiger partial charge in [0, 0.05) is 23.1 Å². The van der Waals surface area contributed by atoms with Gasteiger partial charge in [-0.2, -0.15) is 0 Å². The average molecular weight is 262 g/mol. The highest BCUT2D eigenvalue weighted by atomic mass is 35.5. The molecule has 0 heterocycles. The Morgan fingerprint density at radius 2 is 2.19 bits per heavy atom. The number of halogens is 2. The van der Waals surface area contributed by atoms with Crippen molar-refractivity contribution < 1.29 is 0 Å². The average Bonchev–Trinajstić information content (AvgIpc) is 2.28. The van der Waals surface area contributed by atoms with E-state index in [2.05, 4.69) is 10.6 Å². The van der Waals surface area contributed by atoms with E-state index in [-0.39, 0.29) is 0 Å². The van der Waals surface area contributed by atoms with Gasteiger partial charge in [0.1, 0.15) is 0 Å². The largest absolute Gasteiger partial charge is 0.383 e. The molecule has 0 fully saturated rings. The summed E-state index contributed by atoms with van der Waals surface area (Å²) < 4.78 is 0. The summed E-state index contributed by atoms with van der Waals surface area (Å²) in [5.74, 6) is 0.392. The maximum Gasteiger partial charge on any atom is 0.0566 e. The molecule has 0 bridgehead atoms. The first-order valence-electron chi connectivity index (χ1n) is 4.90. The van der Waals surface area contributed by atoms with Crippen molar-refractivity contribution in [1.29, 1.82) is 0 Å².